The van der Waals surface area contributed by atoms with Gasteiger partial charge in [0.1, 0.15) is 0 Å². The van der Waals surface area contributed by atoms with E-state index in [2.05, 4.69) is 5.32 Å². The van der Waals surface area contributed by atoms with Crippen LogP contribution in [0.4, 0.5) is 4.79 Å². The molecule has 22 heavy (non-hydrogen) atoms. The lowest BCUT2D eigenvalue weighted by Gasteiger charge is -2.43. The molecular weight excluding hydrogens is 276 g/mol. The first kappa shape index (κ1) is 16.1. The first-order valence-corrected chi connectivity index (χ1v) is 9.35. The Morgan fingerprint density at radius 2 is 1.50 bits per heavy atom. The van der Waals surface area contributed by atoms with E-state index >= 15 is 0 Å². The van der Waals surface area contributed by atoms with E-state index in [9.17, 15) is 4.79 Å². The summed E-state index contributed by atoms with van der Waals surface area (Å²) < 4.78 is 0. The van der Waals surface area contributed by atoms with Crippen LogP contribution >= 0.6 is 0 Å². The molecule has 2 heterocycles. The Hall–Kier alpha value is -0.770. The van der Waals surface area contributed by atoms with Gasteiger partial charge in [-0.25, -0.2) is 4.79 Å². The molecular formula is C18H32N2O2. The zero-order chi connectivity index (χ0) is 15.4. The van der Waals surface area contributed by atoms with Gasteiger partial charge in [0.2, 0.25) is 0 Å². The molecule has 0 atom stereocenters. The second-order valence-electron chi connectivity index (χ2n) is 7.98. The molecule has 0 unspecified atom stereocenters. The third kappa shape index (κ3) is 3.95. The Labute approximate surface area is 134 Å². The van der Waals surface area contributed by atoms with Crippen molar-refractivity contribution in [3.8, 4) is 0 Å². The van der Waals surface area contributed by atoms with Crippen LogP contribution in [0.1, 0.15) is 64.2 Å². The zero-order valence-electron chi connectivity index (χ0n) is 13.9. The van der Waals surface area contributed by atoms with Crippen molar-refractivity contribution in [2.75, 3.05) is 26.2 Å². The predicted octanol–water partition coefficient (Wildman–Crippen LogP) is 3.72. The Balaban J connectivity index is 1.34. The van der Waals surface area contributed by atoms with Crippen molar-refractivity contribution in [2.45, 2.75) is 64.2 Å². The average molecular weight is 308 g/mol. The van der Waals surface area contributed by atoms with Gasteiger partial charge in [0.25, 0.3) is 0 Å². The highest BCUT2D eigenvalue weighted by atomic mass is 16.4. The van der Waals surface area contributed by atoms with Crippen molar-refractivity contribution in [2.24, 2.45) is 17.3 Å². The molecule has 1 aliphatic carbocycles. The highest BCUT2D eigenvalue weighted by Gasteiger charge is 2.36. The molecule has 0 radical (unpaired) electrons. The molecule has 1 spiro atoms. The molecule has 0 aromatic rings. The Morgan fingerprint density at radius 1 is 0.955 bits per heavy atom. The third-order valence-electron chi connectivity index (χ3n) is 6.70. The SMILES string of the molecule is O=C(O)N1CCC(CCC2CCC3(CCNCC3)CC2)CC1. The smallest absolute Gasteiger partial charge is 0.407 e. The van der Waals surface area contributed by atoms with Gasteiger partial charge in [-0.2, -0.15) is 0 Å². The van der Waals surface area contributed by atoms with E-state index in [-0.39, 0.29) is 0 Å². The highest BCUT2D eigenvalue weighted by molar-refractivity contribution is 5.64. The number of carboxylic acid groups (broad SMARTS) is 1. The van der Waals surface area contributed by atoms with E-state index in [1.54, 1.807) is 4.90 Å². The topological polar surface area (TPSA) is 52.6 Å². The first-order valence-electron chi connectivity index (χ1n) is 9.35. The normalized spacial score (nSPS) is 27.2. The number of piperidine rings is 2. The van der Waals surface area contributed by atoms with Crippen molar-refractivity contribution in [3.05, 3.63) is 0 Å². The van der Waals surface area contributed by atoms with E-state index < -0.39 is 6.09 Å². The summed E-state index contributed by atoms with van der Waals surface area (Å²) in [6.45, 7) is 3.96. The van der Waals surface area contributed by atoms with Crippen LogP contribution in [0.15, 0.2) is 0 Å². The van der Waals surface area contributed by atoms with Crippen LogP contribution in [0.3, 0.4) is 0 Å². The third-order valence-corrected chi connectivity index (χ3v) is 6.70. The lowest BCUT2D eigenvalue weighted by atomic mass is 9.65. The van der Waals surface area contributed by atoms with E-state index in [1.165, 1.54) is 64.5 Å². The van der Waals surface area contributed by atoms with Crippen molar-refractivity contribution >= 4 is 6.09 Å². The maximum absolute atomic E-state index is 10.9. The second kappa shape index (κ2) is 7.20. The minimum Gasteiger partial charge on any atom is -0.465 e. The molecule has 1 amide bonds. The molecule has 4 nitrogen and oxygen atoms in total. The van der Waals surface area contributed by atoms with Crippen LogP contribution in [0, 0.1) is 17.3 Å². The van der Waals surface area contributed by atoms with Crippen LogP contribution in [-0.2, 0) is 0 Å². The number of hydrogen-bond donors (Lipinski definition) is 2. The first-order chi connectivity index (χ1) is 10.7. The van der Waals surface area contributed by atoms with Gasteiger partial charge in [-0.15, -0.1) is 0 Å². The Bertz CT molecular complexity index is 361. The standard InChI is InChI=1S/C18H32N2O2/c21-17(22)20-13-5-16(6-14-20)2-1-15-3-7-18(8-4-15)9-11-19-12-10-18/h15-16,19H,1-14H2,(H,21,22). The number of nitrogens with zero attached hydrogens (tertiary/aromatic N) is 1. The highest BCUT2D eigenvalue weighted by Crippen LogP contribution is 2.46. The predicted molar refractivity (Wildman–Crippen MR) is 88.1 cm³/mol. The van der Waals surface area contributed by atoms with Crippen LogP contribution in [0.2, 0.25) is 0 Å². The van der Waals surface area contributed by atoms with Crippen molar-refractivity contribution in [3.63, 3.8) is 0 Å². The molecule has 2 N–H and O–H groups in total. The average Bonchev–Trinajstić information content (AvgIpc) is 2.56. The molecule has 2 saturated heterocycles. The fourth-order valence-electron chi connectivity index (χ4n) is 4.92. The maximum Gasteiger partial charge on any atom is 0.407 e. The maximum atomic E-state index is 10.9. The monoisotopic (exact) mass is 308 g/mol. The quantitative estimate of drug-likeness (QED) is 0.835. The number of rotatable bonds is 3. The largest absolute Gasteiger partial charge is 0.465 e. The Kier molecular flexibility index (Phi) is 5.27. The number of nitrogens with one attached hydrogen (secondary N) is 1. The minimum atomic E-state index is -0.738. The fraction of sp³-hybridized carbons (Fsp3) is 0.944. The lowest BCUT2D eigenvalue weighted by molar-refractivity contribution is 0.0954. The molecule has 3 fully saturated rings. The van der Waals surface area contributed by atoms with Gasteiger partial charge in [-0.1, -0.05) is 12.8 Å². The van der Waals surface area contributed by atoms with Crippen molar-refractivity contribution in [1.29, 1.82) is 0 Å². The van der Waals surface area contributed by atoms with E-state index in [0.29, 0.717) is 5.41 Å². The van der Waals surface area contributed by atoms with Crippen LogP contribution in [-0.4, -0.2) is 42.3 Å². The van der Waals surface area contributed by atoms with Gasteiger partial charge in [-0.05, 0) is 81.7 Å². The molecule has 0 bridgehead atoms. The van der Waals surface area contributed by atoms with E-state index in [4.69, 9.17) is 5.11 Å². The number of carbonyl (C=O) groups is 1. The van der Waals surface area contributed by atoms with E-state index in [1.807, 2.05) is 0 Å². The summed E-state index contributed by atoms with van der Waals surface area (Å²) >= 11 is 0. The van der Waals surface area contributed by atoms with Gasteiger partial charge in [0.15, 0.2) is 0 Å². The fourth-order valence-corrected chi connectivity index (χ4v) is 4.92. The minimum absolute atomic E-state index is 0.689. The Morgan fingerprint density at radius 3 is 2.05 bits per heavy atom. The summed E-state index contributed by atoms with van der Waals surface area (Å²) in [4.78, 5) is 12.5. The molecule has 3 rings (SSSR count). The summed E-state index contributed by atoms with van der Waals surface area (Å²) in [7, 11) is 0. The molecule has 0 aromatic carbocycles. The molecule has 0 aromatic heterocycles. The summed E-state index contributed by atoms with van der Waals surface area (Å²) in [5.74, 6) is 1.71. The molecule has 126 valence electrons. The van der Waals surface area contributed by atoms with Gasteiger partial charge in [-0.3, -0.25) is 0 Å². The van der Waals surface area contributed by atoms with Crippen LogP contribution in [0.5, 0.6) is 0 Å². The summed E-state index contributed by atoms with van der Waals surface area (Å²) in [6, 6.07) is 0. The molecule has 4 heteroatoms. The molecule has 3 aliphatic rings. The number of hydrogen-bond acceptors (Lipinski definition) is 2. The van der Waals surface area contributed by atoms with Gasteiger partial charge in [0, 0.05) is 13.1 Å². The summed E-state index contributed by atoms with van der Waals surface area (Å²) in [6.07, 6.45) is 12.7. The van der Waals surface area contributed by atoms with E-state index in [0.717, 1.165) is 37.8 Å². The molecule has 2 aliphatic heterocycles. The number of amides is 1. The summed E-state index contributed by atoms with van der Waals surface area (Å²) in [5.41, 5.74) is 0.689. The lowest BCUT2D eigenvalue weighted by Crippen LogP contribution is -2.39. The zero-order valence-corrected chi connectivity index (χ0v) is 13.9. The van der Waals surface area contributed by atoms with Crippen LogP contribution < -0.4 is 5.32 Å². The van der Waals surface area contributed by atoms with Crippen LogP contribution in [0.25, 0.3) is 0 Å². The van der Waals surface area contributed by atoms with Gasteiger partial charge in [0.05, 0.1) is 0 Å². The van der Waals surface area contributed by atoms with Gasteiger partial charge >= 0.3 is 6.09 Å². The summed E-state index contributed by atoms with van der Waals surface area (Å²) in [5, 5.41) is 12.5. The van der Waals surface area contributed by atoms with Crippen molar-refractivity contribution < 1.29 is 9.90 Å². The number of likely N-dealkylation sites (tertiary alicyclic amines) is 1. The van der Waals surface area contributed by atoms with Gasteiger partial charge < -0.3 is 15.3 Å². The van der Waals surface area contributed by atoms with Crippen molar-refractivity contribution in [1.82, 2.24) is 10.2 Å². The molecule has 1 saturated carbocycles. The second-order valence-corrected chi connectivity index (χ2v) is 7.98.